The second-order valence-electron chi connectivity index (χ2n) is 9.46. The molecule has 0 saturated carbocycles. The number of aryl methyl sites for hydroxylation is 1. The number of nitrogens with zero attached hydrogens (tertiary/aromatic N) is 4. The molecule has 0 spiro atoms. The lowest BCUT2D eigenvalue weighted by Crippen LogP contribution is -2.48. The summed E-state index contributed by atoms with van der Waals surface area (Å²) in [5.41, 5.74) is 1.44. The minimum absolute atomic E-state index is 0.0999. The molecule has 4 heterocycles. The van der Waals surface area contributed by atoms with Crippen molar-refractivity contribution in [1.82, 2.24) is 19.6 Å². The summed E-state index contributed by atoms with van der Waals surface area (Å²) >= 11 is 1.62. The van der Waals surface area contributed by atoms with Gasteiger partial charge in [0.25, 0.3) is 0 Å². The number of fused-ring (bicyclic) bond motifs is 5. The molecule has 2 aromatic heterocycles. The second-order valence-corrected chi connectivity index (χ2v) is 10.5. The summed E-state index contributed by atoms with van der Waals surface area (Å²) < 4.78 is 52.8. The normalized spacial score (nSPS) is 20.5. The molecule has 35 heavy (non-hydrogen) atoms. The summed E-state index contributed by atoms with van der Waals surface area (Å²) in [6, 6.07) is 18.5. The molecule has 0 fully saturated rings. The van der Waals surface area contributed by atoms with E-state index >= 15 is 0 Å². The molecule has 4 aromatic rings. The molecule has 2 aliphatic heterocycles. The predicted octanol–water partition coefficient (Wildman–Crippen LogP) is 6.41. The van der Waals surface area contributed by atoms with Crippen molar-refractivity contribution in [3.63, 3.8) is 0 Å². The summed E-state index contributed by atoms with van der Waals surface area (Å²) in [4.78, 5) is 0. The Kier molecular flexibility index (Phi) is 4.87. The first-order valence-corrected chi connectivity index (χ1v) is 12.4. The molecule has 0 amide bonds. The quantitative estimate of drug-likeness (QED) is 0.322. The van der Waals surface area contributed by atoms with E-state index in [0.29, 0.717) is 11.4 Å². The molecule has 0 aliphatic carbocycles. The number of hydrogen-bond donors (Lipinski definition) is 0. The van der Waals surface area contributed by atoms with Gasteiger partial charge in [-0.3, -0.25) is 0 Å². The van der Waals surface area contributed by atoms with Gasteiger partial charge in [0.05, 0.1) is 22.6 Å². The van der Waals surface area contributed by atoms with E-state index in [1.54, 1.807) is 36.0 Å². The summed E-state index contributed by atoms with van der Waals surface area (Å²) in [6.07, 6.45) is -4.63. The van der Waals surface area contributed by atoms with E-state index in [1.807, 2.05) is 61.9 Å². The van der Waals surface area contributed by atoms with Crippen LogP contribution in [-0.4, -0.2) is 30.9 Å². The molecule has 0 radical (unpaired) electrons. The molecule has 0 bridgehead atoms. The zero-order valence-corrected chi connectivity index (χ0v) is 20.2. The topological polar surface area (TPSA) is 44.9 Å². The van der Waals surface area contributed by atoms with Crippen LogP contribution in [0, 0.1) is 12.8 Å². The van der Waals surface area contributed by atoms with Crippen LogP contribution >= 0.6 is 11.8 Å². The average molecular weight is 497 g/mol. The Bertz CT molecular complexity index is 1410. The maximum Gasteiger partial charge on any atom is 0.435 e. The molecule has 9 heteroatoms. The maximum absolute atomic E-state index is 14.4. The Balaban J connectivity index is 1.64. The van der Waals surface area contributed by atoms with E-state index in [9.17, 15) is 13.2 Å². The van der Waals surface area contributed by atoms with Gasteiger partial charge in [-0.2, -0.15) is 23.4 Å². The van der Waals surface area contributed by atoms with Crippen LogP contribution in [0.4, 0.5) is 13.2 Å². The van der Waals surface area contributed by atoms with Crippen LogP contribution in [0.3, 0.4) is 0 Å². The third-order valence-electron chi connectivity index (χ3n) is 6.89. The molecule has 5 nitrogen and oxygen atoms in total. The van der Waals surface area contributed by atoms with Gasteiger partial charge in [0, 0.05) is 23.2 Å². The molecule has 0 N–H and O–H groups in total. The molecule has 2 atom stereocenters. The Morgan fingerprint density at radius 3 is 2.11 bits per heavy atom. The number of para-hydroxylation sites is 2. The lowest BCUT2D eigenvalue weighted by molar-refractivity contribution is -0.142. The highest BCUT2D eigenvalue weighted by atomic mass is 32.2. The van der Waals surface area contributed by atoms with Gasteiger partial charge in [0.1, 0.15) is 10.6 Å². The predicted molar refractivity (Wildman–Crippen MR) is 128 cm³/mol. The minimum Gasteiger partial charge on any atom is -0.471 e. The van der Waals surface area contributed by atoms with Gasteiger partial charge in [-0.1, -0.05) is 36.4 Å². The van der Waals surface area contributed by atoms with Gasteiger partial charge in [-0.25, -0.2) is 9.36 Å². The van der Waals surface area contributed by atoms with Crippen LogP contribution < -0.4 is 4.74 Å². The number of ether oxygens (including phenoxy) is 1. The summed E-state index contributed by atoms with van der Waals surface area (Å²) in [5.74, 6) is 0.0285. The zero-order valence-electron chi connectivity index (χ0n) is 19.4. The molecule has 0 saturated heterocycles. The van der Waals surface area contributed by atoms with Crippen molar-refractivity contribution in [1.29, 1.82) is 0 Å². The summed E-state index contributed by atoms with van der Waals surface area (Å²) in [6.45, 7) is 5.77. The average Bonchev–Trinajstić information content (AvgIpc) is 3.38. The molecular weight excluding hydrogens is 473 g/mol. The first kappa shape index (κ1) is 22.3. The zero-order chi connectivity index (χ0) is 24.5. The van der Waals surface area contributed by atoms with Crippen LogP contribution in [0.2, 0.25) is 0 Å². The second kappa shape index (κ2) is 7.65. The molecule has 2 aliphatic rings. The Morgan fingerprint density at radius 1 is 0.914 bits per heavy atom. The fraction of sp³-hybridized carbons (Fsp3) is 0.308. The van der Waals surface area contributed by atoms with Crippen LogP contribution in [0.1, 0.15) is 42.3 Å². The largest absolute Gasteiger partial charge is 0.471 e. The molecular formula is C26H23F3N4OS. The van der Waals surface area contributed by atoms with Crippen LogP contribution in [-0.2, 0) is 6.18 Å². The van der Waals surface area contributed by atoms with E-state index < -0.39 is 23.4 Å². The Hall–Kier alpha value is -3.20. The van der Waals surface area contributed by atoms with Crippen molar-refractivity contribution in [3.05, 3.63) is 83.2 Å². The number of aromatic nitrogens is 4. The fourth-order valence-corrected chi connectivity index (χ4v) is 6.87. The first-order chi connectivity index (χ1) is 16.7. The van der Waals surface area contributed by atoms with Gasteiger partial charge in [0.15, 0.2) is 5.69 Å². The smallest absolute Gasteiger partial charge is 0.435 e. The Morgan fingerprint density at radius 2 is 1.51 bits per heavy atom. The highest BCUT2D eigenvalue weighted by molar-refractivity contribution is 7.99. The van der Waals surface area contributed by atoms with E-state index in [4.69, 9.17) is 9.84 Å². The number of hydrogen-bond acceptors (Lipinski definition) is 4. The SMILES string of the molecule is Cc1nn(-c2ccccc2)c2c1[C@H]1c3c(C(F)(F)F)nn(-c4ccccc4)c3OC(C)(C)[C@@H]1CS2. The van der Waals surface area contributed by atoms with E-state index in [1.165, 1.54) is 4.68 Å². The van der Waals surface area contributed by atoms with Crippen molar-refractivity contribution in [3.8, 4) is 17.3 Å². The van der Waals surface area contributed by atoms with Gasteiger partial charge >= 0.3 is 6.18 Å². The molecule has 6 rings (SSSR count). The highest BCUT2D eigenvalue weighted by Crippen LogP contribution is 2.58. The highest BCUT2D eigenvalue weighted by Gasteiger charge is 2.55. The first-order valence-electron chi connectivity index (χ1n) is 11.4. The van der Waals surface area contributed by atoms with Gasteiger partial charge < -0.3 is 4.74 Å². The van der Waals surface area contributed by atoms with Gasteiger partial charge in [-0.15, -0.1) is 11.8 Å². The van der Waals surface area contributed by atoms with Crippen molar-refractivity contribution in [2.45, 2.75) is 43.5 Å². The van der Waals surface area contributed by atoms with Crippen LogP contribution in [0.25, 0.3) is 11.4 Å². The maximum atomic E-state index is 14.4. The van der Waals surface area contributed by atoms with Crippen molar-refractivity contribution < 1.29 is 17.9 Å². The van der Waals surface area contributed by atoms with Crippen molar-refractivity contribution >= 4 is 11.8 Å². The fourth-order valence-electron chi connectivity index (χ4n) is 5.24. The lowest BCUT2D eigenvalue weighted by atomic mass is 9.72. The third-order valence-corrected chi connectivity index (χ3v) is 8.08. The van der Waals surface area contributed by atoms with E-state index in [-0.39, 0.29) is 17.4 Å². The standard InChI is InChI=1S/C26H23F3N4OS/c1-15-19-20-18(14-35-24(19)33(30-15)17-12-8-5-9-13-17)25(2,3)34-23-21(20)22(26(27,28)29)31-32(23)16-10-6-4-7-11-16/h4-13,18,20H,14H2,1-3H3/t18-,20+/m1/s1. The summed E-state index contributed by atoms with van der Waals surface area (Å²) in [7, 11) is 0. The number of thioether (sulfide) groups is 1. The number of halogens is 3. The van der Waals surface area contributed by atoms with Crippen LogP contribution in [0.5, 0.6) is 5.88 Å². The monoisotopic (exact) mass is 496 g/mol. The summed E-state index contributed by atoms with van der Waals surface area (Å²) in [5, 5.41) is 9.74. The minimum atomic E-state index is -4.63. The van der Waals surface area contributed by atoms with Crippen LogP contribution in [0.15, 0.2) is 65.7 Å². The van der Waals surface area contributed by atoms with Crippen molar-refractivity contribution in [2.75, 3.05) is 5.75 Å². The third kappa shape index (κ3) is 3.39. The van der Waals surface area contributed by atoms with Crippen molar-refractivity contribution in [2.24, 2.45) is 5.92 Å². The number of benzene rings is 2. The molecule has 180 valence electrons. The van der Waals surface area contributed by atoms with E-state index in [2.05, 4.69) is 5.10 Å². The number of rotatable bonds is 2. The van der Waals surface area contributed by atoms with E-state index in [0.717, 1.165) is 22.0 Å². The molecule has 2 aromatic carbocycles. The lowest BCUT2D eigenvalue weighted by Gasteiger charge is -2.46. The Labute approximate surface area is 204 Å². The molecule has 0 unspecified atom stereocenters. The van der Waals surface area contributed by atoms with Gasteiger partial charge in [-0.05, 0) is 45.0 Å². The number of alkyl halides is 3. The van der Waals surface area contributed by atoms with Gasteiger partial charge in [0.2, 0.25) is 5.88 Å².